The molecule has 6 rings (SSSR count). The summed E-state index contributed by atoms with van der Waals surface area (Å²) in [7, 11) is 0. The molecule has 0 saturated carbocycles. The Hall–Kier alpha value is -3.06. The monoisotopic (exact) mass is 619 g/mol. The number of anilines is 1. The first-order chi connectivity index (χ1) is 20.9. The van der Waals surface area contributed by atoms with E-state index in [1.807, 2.05) is 58.3 Å². The van der Waals surface area contributed by atoms with E-state index in [4.69, 9.17) is 27.9 Å². The van der Waals surface area contributed by atoms with E-state index in [1.54, 1.807) is 0 Å². The van der Waals surface area contributed by atoms with Crippen molar-refractivity contribution in [3.63, 3.8) is 0 Å². The third-order valence-electron chi connectivity index (χ3n) is 9.29. The van der Waals surface area contributed by atoms with Crippen molar-refractivity contribution in [2.45, 2.75) is 44.6 Å². The highest BCUT2D eigenvalue weighted by Crippen LogP contribution is 2.42. The van der Waals surface area contributed by atoms with Gasteiger partial charge in [0, 0.05) is 41.8 Å². The van der Waals surface area contributed by atoms with Crippen LogP contribution in [0.5, 0.6) is 5.75 Å². The van der Waals surface area contributed by atoms with E-state index >= 15 is 0 Å². The Labute approximate surface area is 264 Å². The molecule has 0 radical (unpaired) electrons. The van der Waals surface area contributed by atoms with Crippen LogP contribution < -0.4 is 9.64 Å². The molecule has 3 aliphatic rings. The molecule has 3 saturated heterocycles. The second-order valence-electron chi connectivity index (χ2n) is 12.4. The summed E-state index contributed by atoms with van der Waals surface area (Å²) in [5.41, 5.74) is 1.54. The molecule has 8 heteroatoms. The van der Waals surface area contributed by atoms with Gasteiger partial charge in [-0.15, -0.1) is 0 Å². The number of ether oxygens (including phenoxy) is 1. The van der Waals surface area contributed by atoms with Gasteiger partial charge in [-0.1, -0.05) is 59.6 Å². The number of hydrogen-bond donors (Lipinski definition) is 0. The average Bonchev–Trinajstić information content (AvgIpc) is 3.00. The molecule has 0 unspecified atom stereocenters. The largest absolute Gasteiger partial charge is 0.488 e. The van der Waals surface area contributed by atoms with E-state index in [2.05, 4.69) is 35.2 Å². The Morgan fingerprint density at radius 2 is 1.67 bits per heavy atom. The smallest absolute Gasteiger partial charge is 0.236 e. The average molecular weight is 621 g/mol. The first-order valence-electron chi connectivity index (χ1n) is 15.4. The SMILES string of the molecule is O=C(CN1CCC[C@@]2(C[C@@H](Oc3cccc(Cl)c3)CN(c3ccc(Cl)cc3)C2=O)C1)N1CCC(Cc2ccccc2)CC1. The molecule has 1 spiro atoms. The second kappa shape index (κ2) is 13.3. The summed E-state index contributed by atoms with van der Waals surface area (Å²) < 4.78 is 6.45. The van der Waals surface area contributed by atoms with Crippen molar-refractivity contribution in [2.24, 2.45) is 11.3 Å². The first-order valence-corrected chi connectivity index (χ1v) is 16.2. The lowest BCUT2D eigenvalue weighted by Crippen LogP contribution is -2.61. The van der Waals surface area contributed by atoms with Crippen LogP contribution in [0, 0.1) is 11.3 Å². The van der Waals surface area contributed by atoms with Crippen LogP contribution in [0.25, 0.3) is 0 Å². The molecular formula is C35H39Cl2N3O3. The molecule has 0 aliphatic carbocycles. The summed E-state index contributed by atoms with van der Waals surface area (Å²) in [6.45, 7) is 3.74. The van der Waals surface area contributed by atoms with Crippen molar-refractivity contribution in [1.82, 2.24) is 9.80 Å². The van der Waals surface area contributed by atoms with E-state index in [9.17, 15) is 9.59 Å². The molecule has 2 amide bonds. The fourth-order valence-corrected chi connectivity index (χ4v) is 7.45. The molecular weight excluding hydrogens is 581 g/mol. The summed E-state index contributed by atoms with van der Waals surface area (Å²) in [5.74, 6) is 1.57. The van der Waals surface area contributed by atoms with Crippen LogP contribution in [0.3, 0.4) is 0 Å². The lowest BCUT2D eigenvalue weighted by molar-refractivity contribution is -0.141. The molecule has 0 N–H and O–H groups in total. The Morgan fingerprint density at radius 3 is 2.42 bits per heavy atom. The molecule has 43 heavy (non-hydrogen) atoms. The molecule has 3 fully saturated rings. The highest BCUT2D eigenvalue weighted by atomic mass is 35.5. The topological polar surface area (TPSA) is 53.1 Å². The van der Waals surface area contributed by atoms with Gasteiger partial charge in [0.15, 0.2) is 0 Å². The minimum absolute atomic E-state index is 0.0969. The highest BCUT2D eigenvalue weighted by Gasteiger charge is 2.50. The van der Waals surface area contributed by atoms with E-state index < -0.39 is 5.41 Å². The summed E-state index contributed by atoms with van der Waals surface area (Å²) >= 11 is 12.4. The number of rotatable bonds is 7. The number of carbonyl (C=O) groups is 2. The number of benzene rings is 3. The van der Waals surface area contributed by atoms with Gasteiger partial charge in [-0.05, 0) is 92.6 Å². The highest BCUT2D eigenvalue weighted by molar-refractivity contribution is 6.31. The van der Waals surface area contributed by atoms with Gasteiger partial charge in [-0.2, -0.15) is 0 Å². The Balaban J connectivity index is 1.13. The van der Waals surface area contributed by atoms with Crippen molar-refractivity contribution in [3.05, 3.63) is 94.5 Å². The Kier molecular flexibility index (Phi) is 9.27. The molecule has 3 aliphatic heterocycles. The first kappa shape index (κ1) is 30.0. The van der Waals surface area contributed by atoms with Gasteiger partial charge in [0.1, 0.15) is 11.9 Å². The molecule has 2 atom stereocenters. The minimum atomic E-state index is -0.637. The molecule has 226 valence electrons. The summed E-state index contributed by atoms with van der Waals surface area (Å²) in [5, 5.41) is 1.24. The molecule has 3 heterocycles. The number of hydrogen-bond acceptors (Lipinski definition) is 4. The molecule has 3 aromatic rings. The maximum atomic E-state index is 14.3. The van der Waals surface area contributed by atoms with Gasteiger partial charge in [0.05, 0.1) is 18.5 Å². The van der Waals surface area contributed by atoms with Crippen LogP contribution in [0.15, 0.2) is 78.9 Å². The lowest BCUT2D eigenvalue weighted by atomic mass is 9.72. The lowest BCUT2D eigenvalue weighted by Gasteiger charge is -2.49. The van der Waals surface area contributed by atoms with E-state index in [0.717, 1.165) is 57.4 Å². The van der Waals surface area contributed by atoms with Gasteiger partial charge in [0.25, 0.3) is 0 Å². The third kappa shape index (κ3) is 7.19. The van der Waals surface area contributed by atoms with Crippen molar-refractivity contribution in [2.75, 3.05) is 44.2 Å². The summed E-state index contributed by atoms with van der Waals surface area (Å²) in [6.07, 6.45) is 5.13. The Bertz CT molecular complexity index is 1410. The van der Waals surface area contributed by atoms with Crippen LogP contribution >= 0.6 is 23.2 Å². The van der Waals surface area contributed by atoms with Gasteiger partial charge in [-0.3, -0.25) is 14.5 Å². The molecule has 6 nitrogen and oxygen atoms in total. The van der Waals surface area contributed by atoms with Crippen LogP contribution in [-0.4, -0.2) is 67.0 Å². The maximum Gasteiger partial charge on any atom is 0.236 e. The fourth-order valence-electron chi connectivity index (χ4n) is 7.14. The van der Waals surface area contributed by atoms with E-state index in [0.29, 0.717) is 47.8 Å². The number of nitrogens with zero attached hydrogens (tertiary/aromatic N) is 3. The predicted molar refractivity (Wildman–Crippen MR) is 172 cm³/mol. The van der Waals surface area contributed by atoms with Crippen molar-refractivity contribution in [1.29, 1.82) is 0 Å². The standard InChI is InChI=1S/C35H39Cl2N3O3/c36-28-10-12-30(13-11-28)40-23-32(43-31-9-4-8-29(37)21-31)22-35(34(40)42)16-5-17-38(25-35)24-33(41)39-18-14-27(15-19-39)20-26-6-2-1-3-7-26/h1-4,6-13,21,27,32H,5,14-20,22-25H2/t32-,35-/m1/s1. The summed E-state index contributed by atoms with van der Waals surface area (Å²) in [6, 6.07) is 25.4. The zero-order valence-corrected chi connectivity index (χ0v) is 26.0. The Morgan fingerprint density at radius 1 is 0.907 bits per heavy atom. The number of carbonyl (C=O) groups excluding carboxylic acids is 2. The minimum Gasteiger partial charge on any atom is -0.488 e. The second-order valence-corrected chi connectivity index (χ2v) is 13.3. The zero-order chi connectivity index (χ0) is 29.8. The zero-order valence-electron chi connectivity index (χ0n) is 24.5. The third-order valence-corrected chi connectivity index (χ3v) is 9.78. The number of likely N-dealkylation sites (tertiary alicyclic amines) is 2. The van der Waals surface area contributed by atoms with Crippen LogP contribution in [0.2, 0.25) is 10.0 Å². The molecule has 3 aromatic carbocycles. The fraction of sp³-hybridized carbons (Fsp3) is 0.429. The normalized spacial score (nSPS) is 23.5. The van der Waals surface area contributed by atoms with Crippen molar-refractivity contribution < 1.29 is 14.3 Å². The molecule has 0 aromatic heterocycles. The maximum absolute atomic E-state index is 14.3. The number of piperidine rings is 3. The van der Waals surface area contributed by atoms with Crippen molar-refractivity contribution >= 4 is 40.7 Å². The molecule has 0 bridgehead atoms. The van der Waals surface area contributed by atoms with Crippen molar-refractivity contribution in [3.8, 4) is 5.75 Å². The van der Waals surface area contributed by atoms with E-state index in [1.165, 1.54) is 5.56 Å². The van der Waals surface area contributed by atoms with Gasteiger partial charge in [-0.25, -0.2) is 0 Å². The van der Waals surface area contributed by atoms with E-state index in [-0.39, 0.29) is 17.9 Å². The van der Waals surface area contributed by atoms with Crippen LogP contribution in [0.4, 0.5) is 5.69 Å². The summed E-state index contributed by atoms with van der Waals surface area (Å²) in [4.78, 5) is 33.8. The quantitative estimate of drug-likeness (QED) is 0.294. The predicted octanol–water partition coefficient (Wildman–Crippen LogP) is 6.74. The van der Waals surface area contributed by atoms with Gasteiger partial charge in [0.2, 0.25) is 11.8 Å². The van der Waals surface area contributed by atoms with Gasteiger partial charge >= 0.3 is 0 Å². The van der Waals surface area contributed by atoms with Crippen LogP contribution in [0.1, 0.15) is 37.7 Å². The van der Waals surface area contributed by atoms with Gasteiger partial charge < -0.3 is 14.5 Å². The van der Waals surface area contributed by atoms with Crippen LogP contribution in [-0.2, 0) is 16.0 Å². The number of halogens is 2. The number of amides is 2.